The number of hydrogen-bond acceptors (Lipinski definition) is 3. The Labute approximate surface area is 194 Å². The lowest BCUT2D eigenvalue weighted by Gasteiger charge is -2.20. The molecule has 0 unspecified atom stereocenters. The number of aromatic nitrogens is 1. The summed E-state index contributed by atoms with van der Waals surface area (Å²) in [4.78, 5) is 28.5. The van der Waals surface area contributed by atoms with Crippen molar-refractivity contribution in [1.82, 2.24) is 9.47 Å². The Balaban J connectivity index is 1.45. The van der Waals surface area contributed by atoms with Crippen LogP contribution in [0.15, 0.2) is 53.6 Å². The summed E-state index contributed by atoms with van der Waals surface area (Å²) in [7, 11) is 0. The molecule has 168 valence electrons. The number of aryl methyl sites for hydroxylation is 2. The predicted molar refractivity (Wildman–Crippen MR) is 132 cm³/mol. The van der Waals surface area contributed by atoms with Crippen LogP contribution in [0.5, 0.6) is 0 Å². The average Bonchev–Trinajstić information content (AvgIpc) is 2.91. The number of fused-ring (bicyclic) bond motifs is 1. The lowest BCUT2D eigenvalue weighted by atomic mass is 10.1. The van der Waals surface area contributed by atoms with Gasteiger partial charge in [-0.2, -0.15) is 0 Å². The number of rotatable bonds is 6. The fraction of sp³-hybridized carbons (Fsp3) is 0.385. The topological polar surface area (TPSA) is 54.3 Å². The van der Waals surface area contributed by atoms with Gasteiger partial charge in [-0.3, -0.25) is 9.59 Å². The zero-order chi connectivity index (χ0) is 22.5. The highest BCUT2D eigenvalue weighted by atomic mass is 32.2. The molecule has 1 aromatic heterocycles. The minimum absolute atomic E-state index is 0.0301. The fourth-order valence-electron chi connectivity index (χ4n) is 4.41. The van der Waals surface area contributed by atoms with Crippen molar-refractivity contribution >= 4 is 40.2 Å². The summed E-state index contributed by atoms with van der Waals surface area (Å²) in [6.45, 7) is 6.12. The molecule has 1 fully saturated rings. The van der Waals surface area contributed by atoms with Crippen LogP contribution < -0.4 is 5.32 Å². The fourth-order valence-corrected chi connectivity index (χ4v) is 5.30. The molecule has 2 aromatic carbocycles. The van der Waals surface area contributed by atoms with Crippen molar-refractivity contribution in [2.75, 3.05) is 24.2 Å². The largest absolute Gasteiger partial charge is 0.341 e. The number of nitrogens with one attached hydrogen (secondary N) is 1. The molecule has 6 heteroatoms. The van der Waals surface area contributed by atoms with Crippen LogP contribution in [0.4, 0.5) is 5.69 Å². The Morgan fingerprint density at radius 2 is 1.66 bits per heavy atom. The Morgan fingerprint density at radius 1 is 0.969 bits per heavy atom. The number of benzene rings is 2. The Kier molecular flexibility index (Phi) is 7.20. The van der Waals surface area contributed by atoms with Crippen molar-refractivity contribution < 1.29 is 9.59 Å². The summed E-state index contributed by atoms with van der Waals surface area (Å²) >= 11 is 1.51. The summed E-state index contributed by atoms with van der Waals surface area (Å²) in [6, 6.07) is 14.2. The third kappa shape index (κ3) is 5.54. The first kappa shape index (κ1) is 22.5. The van der Waals surface area contributed by atoms with Gasteiger partial charge in [-0.05, 0) is 56.0 Å². The van der Waals surface area contributed by atoms with E-state index in [0.717, 1.165) is 58.5 Å². The molecular formula is C26H31N3O2S. The standard InChI is InChI=1S/C26H31N3O2S/c1-19-13-20(2)15-21(14-19)27-25(30)18-32-24-16-29(23-10-6-5-9-22(23)24)17-26(31)28-11-7-3-4-8-12-28/h5-6,9-10,13-16H,3-4,7-8,11-12,17-18H2,1-2H3,(H,27,30). The monoisotopic (exact) mass is 449 g/mol. The van der Waals surface area contributed by atoms with Gasteiger partial charge >= 0.3 is 0 Å². The minimum Gasteiger partial charge on any atom is -0.341 e. The van der Waals surface area contributed by atoms with Crippen LogP contribution in [0.3, 0.4) is 0 Å². The number of nitrogens with zero attached hydrogens (tertiary/aromatic N) is 2. The molecular weight excluding hydrogens is 418 g/mol. The third-order valence-electron chi connectivity index (χ3n) is 5.88. The van der Waals surface area contributed by atoms with Gasteiger partial charge in [0.05, 0.1) is 5.75 Å². The Morgan fingerprint density at radius 3 is 2.38 bits per heavy atom. The Hall–Kier alpha value is -2.73. The van der Waals surface area contributed by atoms with E-state index >= 15 is 0 Å². The first-order valence-corrected chi connectivity index (χ1v) is 12.3. The number of anilines is 1. The number of thioether (sulfide) groups is 1. The maximum atomic E-state index is 12.9. The van der Waals surface area contributed by atoms with Crippen molar-refractivity contribution in [2.24, 2.45) is 0 Å². The smallest absolute Gasteiger partial charge is 0.242 e. The minimum atomic E-state index is -0.0301. The first-order valence-electron chi connectivity index (χ1n) is 11.4. The van der Waals surface area contributed by atoms with Crippen LogP contribution in [0.25, 0.3) is 10.9 Å². The quantitative estimate of drug-likeness (QED) is 0.513. The van der Waals surface area contributed by atoms with Crippen LogP contribution in [0, 0.1) is 13.8 Å². The maximum Gasteiger partial charge on any atom is 0.242 e. The molecule has 0 spiro atoms. The van der Waals surface area contributed by atoms with E-state index in [4.69, 9.17) is 0 Å². The van der Waals surface area contributed by atoms with Crippen LogP contribution in [0.2, 0.25) is 0 Å². The van der Waals surface area contributed by atoms with Crippen LogP contribution in [0.1, 0.15) is 36.8 Å². The average molecular weight is 450 g/mol. The summed E-state index contributed by atoms with van der Waals surface area (Å²) < 4.78 is 2.03. The van der Waals surface area contributed by atoms with Gasteiger partial charge in [-0.1, -0.05) is 37.1 Å². The maximum absolute atomic E-state index is 12.9. The lowest BCUT2D eigenvalue weighted by Crippen LogP contribution is -2.34. The van der Waals surface area contributed by atoms with Crippen LogP contribution in [-0.4, -0.2) is 40.1 Å². The zero-order valence-corrected chi connectivity index (χ0v) is 19.7. The van der Waals surface area contributed by atoms with Gasteiger partial charge in [-0.15, -0.1) is 11.8 Å². The Bertz CT molecular complexity index is 1090. The second kappa shape index (κ2) is 10.3. The number of carbonyl (C=O) groups excluding carboxylic acids is 2. The molecule has 1 aliphatic heterocycles. The summed E-state index contributed by atoms with van der Waals surface area (Å²) in [5.41, 5.74) is 4.13. The van der Waals surface area contributed by atoms with Gasteiger partial charge in [0.2, 0.25) is 11.8 Å². The second-order valence-electron chi connectivity index (χ2n) is 8.65. The van der Waals surface area contributed by atoms with Gasteiger partial charge in [-0.25, -0.2) is 0 Å². The van der Waals surface area contributed by atoms with Crippen molar-refractivity contribution in [3.8, 4) is 0 Å². The van der Waals surface area contributed by atoms with Crippen LogP contribution >= 0.6 is 11.8 Å². The second-order valence-corrected chi connectivity index (χ2v) is 9.66. The molecule has 0 saturated carbocycles. The highest BCUT2D eigenvalue weighted by Crippen LogP contribution is 2.30. The molecule has 2 amide bonds. The van der Waals surface area contributed by atoms with Gasteiger partial charge in [0.25, 0.3) is 0 Å². The number of hydrogen-bond donors (Lipinski definition) is 1. The molecule has 3 aromatic rings. The van der Waals surface area contributed by atoms with Gasteiger partial charge < -0.3 is 14.8 Å². The normalized spacial score (nSPS) is 14.4. The van der Waals surface area contributed by atoms with Gasteiger partial charge in [0, 0.05) is 40.8 Å². The van der Waals surface area contributed by atoms with E-state index in [2.05, 4.69) is 17.4 Å². The molecule has 1 N–H and O–H groups in total. The van der Waals surface area contributed by atoms with Crippen LogP contribution in [-0.2, 0) is 16.1 Å². The SMILES string of the molecule is Cc1cc(C)cc(NC(=O)CSc2cn(CC(=O)N3CCCCCC3)c3ccccc23)c1. The molecule has 0 radical (unpaired) electrons. The lowest BCUT2D eigenvalue weighted by molar-refractivity contribution is -0.131. The van der Waals surface area contributed by atoms with E-state index in [1.165, 1.54) is 24.6 Å². The molecule has 1 saturated heterocycles. The van der Waals surface area contributed by atoms with E-state index in [0.29, 0.717) is 12.3 Å². The van der Waals surface area contributed by atoms with E-state index in [9.17, 15) is 9.59 Å². The molecule has 32 heavy (non-hydrogen) atoms. The van der Waals surface area contributed by atoms with E-state index < -0.39 is 0 Å². The van der Waals surface area contributed by atoms with E-state index in [-0.39, 0.29) is 11.8 Å². The number of likely N-dealkylation sites (tertiary alicyclic amines) is 1. The number of para-hydroxylation sites is 1. The molecule has 2 heterocycles. The number of carbonyl (C=O) groups is 2. The molecule has 1 aliphatic rings. The molecule has 0 atom stereocenters. The highest BCUT2D eigenvalue weighted by molar-refractivity contribution is 8.00. The molecule has 4 rings (SSSR count). The van der Waals surface area contributed by atoms with Crippen molar-refractivity contribution in [1.29, 1.82) is 0 Å². The van der Waals surface area contributed by atoms with E-state index in [1.54, 1.807) is 0 Å². The summed E-state index contributed by atoms with van der Waals surface area (Å²) in [6.07, 6.45) is 6.63. The predicted octanol–water partition coefficient (Wildman–Crippen LogP) is 5.39. The highest BCUT2D eigenvalue weighted by Gasteiger charge is 2.18. The zero-order valence-electron chi connectivity index (χ0n) is 18.9. The van der Waals surface area contributed by atoms with E-state index in [1.807, 2.05) is 59.8 Å². The van der Waals surface area contributed by atoms with Crippen molar-refractivity contribution in [3.05, 3.63) is 59.8 Å². The van der Waals surface area contributed by atoms with Gasteiger partial charge in [0.1, 0.15) is 6.54 Å². The number of amides is 2. The first-order chi connectivity index (χ1) is 15.5. The van der Waals surface area contributed by atoms with Crippen molar-refractivity contribution in [3.63, 3.8) is 0 Å². The molecule has 5 nitrogen and oxygen atoms in total. The van der Waals surface area contributed by atoms with Gasteiger partial charge in [0.15, 0.2) is 0 Å². The molecule has 0 aliphatic carbocycles. The molecule has 0 bridgehead atoms. The summed E-state index contributed by atoms with van der Waals surface area (Å²) in [5, 5.41) is 4.09. The summed E-state index contributed by atoms with van der Waals surface area (Å²) in [5.74, 6) is 0.468. The third-order valence-corrected chi connectivity index (χ3v) is 6.92. The van der Waals surface area contributed by atoms with Crippen molar-refractivity contribution in [2.45, 2.75) is 51.0 Å².